The Morgan fingerprint density at radius 3 is 2.41 bits per heavy atom. The fourth-order valence-electron chi connectivity index (χ4n) is 4.57. The van der Waals surface area contributed by atoms with Crippen molar-refractivity contribution in [2.45, 2.75) is 26.7 Å². The second-order valence-corrected chi connectivity index (χ2v) is 10.9. The van der Waals surface area contributed by atoms with E-state index in [1.54, 1.807) is 12.5 Å². The molecule has 2 aromatic heterocycles. The summed E-state index contributed by atoms with van der Waals surface area (Å²) in [7, 11) is -0.732. The number of nitrogens with zero attached hydrogens (tertiary/aromatic N) is 4. The SMILES string of the molecule is Cc1cc(-c2n[nH]c(-c3ccc(N4CCN(CCS(C)=O)CC4)cc3)c2C(C)C)cn(N)c1=N. The van der Waals surface area contributed by atoms with E-state index in [4.69, 9.17) is 11.3 Å². The highest BCUT2D eigenvalue weighted by molar-refractivity contribution is 7.84. The number of pyridine rings is 1. The van der Waals surface area contributed by atoms with Crippen LogP contribution < -0.4 is 16.2 Å². The van der Waals surface area contributed by atoms with Crippen LogP contribution in [0.25, 0.3) is 22.5 Å². The summed E-state index contributed by atoms with van der Waals surface area (Å²) in [5.74, 6) is 7.01. The van der Waals surface area contributed by atoms with Gasteiger partial charge in [0.2, 0.25) is 0 Å². The van der Waals surface area contributed by atoms with E-state index in [-0.39, 0.29) is 5.92 Å². The van der Waals surface area contributed by atoms with Crippen LogP contribution in [0.1, 0.15) is 30.9 Å². The normalized spacial score (nSPS) is 15.7. The molecule has 1 fully saturated rings. The number of aromatic amines is 1. The Morgan fingerprint density at radius 2 is 1.82 bits per heavy atom. The van der Waals surface area contributed by atoms with E-state index in [2.05, 4.69) is 58.1 Å². The molecular weight excluding hydrogens is 446 g/mol. The fraction of sp³-hybridized carbons (Fsp3) is 0.440. The number of aryl methyl sites for hydroxylation is 1. The minimum atomic E-state index is -0.732. The van der Waals surface area contributed by atoms with Gasteiger partial charge in [-0.2, -0.15) is 5.10 Å². The maximum absolute atomic E-state index is 11.4. The highest BCUT2D eigenvalue weighted by Crippen LogP contribution is 2.36. The number of benzene rings is 1. The lowest BCUT2D eigenvalue weighted by molar-refractivity contribution is 0.273. The van der Waals surface area contributed by atoms with E-state index in [9.17, 15) is 4.21 Å². The first-order valence-electron chi connectivity index (χ1n) is 11.7. The van der Waals surface area contributed by atoms with E-state index in [1.165, 1.54) is 10.4 Å². The fourth-order valence-corrected chi connectivity index (χ4v) is 5.08. The van der Waals surface area contributed by atoms with Gasteiger partial charge >= 0.3 is 0 Å². The molecule has 1 aliphatic rings. The van der Waals surface area contributed by atoms with Crippen LogP contribution in [0.4, 0.5) is 5.69 Å². The van der Waals surface area contributed by atoms with Gasteiger partial charge in [-0.05, 0) is 42.2 Å². The number of piperazine rings is 1. The minimum absolute atomic E-state index is 0.260. The molecule has 1 atom stereocenters. The van der Waals surface area contributed by atoms with Crippen molar-refractivity contribution in [2.75, 3.05) is 55.5 Å². The molecule has 0 radical (unpaired) electrons. The van der Waals surface area contributed by atoms with E-state index in [0.717, 1.165) is 72.1 Å². The molecule has 0 spiro atoms. The van der Waals surface area contributed by atoms with Crippen molar-refractivity contribution in [3.63, 3.8) is 0 Å². The Labute approximate surface area is 203 Å². The molecule has 0 saturated carbocycles. The van der Waals surface area contributed by atoms with Crippen molar-refractivity contribution in [2.24, 2.45) is 0 Å². The second-order valence-electron chi connectivity index (χ2n) is 9.34. The first-order chi connectivity index (χ1) is 16.2. The standard InChI is InChI=1S/C25H35N7OS/c1-17(2)22-23(28-29-24(22)20-15-18(3)25(26)32(27)16-20)19-5-7-21(8-6-19)31-11-9-30(10-12-31)13-14-34(4)33/h5-8,15-17,26H,9-14,27H2,1-4H3,(H,28,29). The van der Waals surface area contributed by atoms with Crippen LogP contribution in [-0.4, -0.2) is 68.7 Å². The van der Waals surface area contributed by atoms with Crippen molar-refractivity contribution in [3.8, 4) is 22.5 Å². The van der Waals surface area contributed by atoms with Gasteiger partial charge in [-0.3, -0.25) is 24.3 Å². The van der Waals surface area contributed by atoms with E-state index >= 15 is 0 Å². The third-order valence-corrected chi connectivity index (χ3v) is 7.28. The third kappa shape index (κ3) is 5.10. The predicted octanol–water partition coefficient (Wildman–Crippen LogP) is 2.67. The average molecular weight is 482 g/mol. The molecular formula is C25H35N7OS. The summed E-state index contributed by atoms with van der Waals surface area (Å²) in [5, 5.41) is 15.9. The van der Waals surface area contributed by atoms with Gasteiger partial charge in [0.15, 0.2) is 0 Å². The van der Waals surface area contributed by atoms with Crippen LogP contribution in [0.2, 0.25) is 0 Å². The smallest absolute Gasteiger partial charge is 0.146 e. The van der Waals surface area contributed by atoms with Crippen LogP contribution in [0.3, 0.4) is 0 Å². The highest BCUT2D eigenvalue weighted by Gasteiger charge is 2.21. The summed E-state index contributed by atoms with van der Waals surface area (Å²) in [6.07, 6.45) is 3.54. The number of H-pyrrole nitrogens is 1. The largest absolute Gasteiger partial charge is 0.369 e. The molecule has 34 heavy (non-hydrogen) atoms. The summed E-state index contributed by atoms with van der Waals surface area (Å²) < 4.78 is 12.7. The average Bonchev–Trinajstić information content (AvgIpc) is 3.27. The summed E-state index contributed by atoms with van der Waals surface area (Å²) >= 11 is 0. The van der Waals surface area contributed by atoms with Crippen molar-refractivity contribution >= 4 is 16.5 Å². The van der Waals surface area contributed by atoms with Crippen molar-refractivity contribution < 1.29 is 4.21 Å². The van der Waals surface area contributed by atoms with Gasteiger partial charge in [0.1, 0.15) is 5.49 Å². The van der Waals surface area contributed by atoms with Gasteiger partial charge < -0.3 is 10.7 Å². The van der Waals surface area contributed by atoms with Gasteiger partial charge in [-0.15, -0.1) is 0 Å². The molecule has 4 rings (SSSR count). The van der Waals surface area contributed by atoms with Crippen molar-refractivity contribution in [1.29, 1.82) is 5.41 Å². The number of anilines is 1. The number of nitrogen functional groups attached to an aromatic ring is 1. The Morgan fingerprint density at radius 1 is 1.15 bits per heavy atom. The number of nitrogens with one attached hydrogen (secondary N) is 2. The number of rotatable bonds is 7. The number of aromatic nitrogens is 3. The first kappa shape index (κ1) is 24.2. The molecule has 8 nitrogen and oxygen atoms in total. The zero-order chi connectivity index (χ0) is 24.4. The predicted molar refractivity (Wildman–Crippen MR) is 140 cm³/mol. The summed E-state index contributed by atoms with van der Waals surface area (Å²) in [4.78, 5) is 4.81. The van der Waals surface area contributed by atoms with Gasteiger partial charge in [0, 0.05) is 78.5 Å². The molecule has 3 heterocycles. The molecule has 9 heteroatoms. The number of nitrogens with two attached hydrogens (primary N) is 1. The Kier molecular flexibility index (Phi) is 7.23. The molecule has 0 bridgehead atoms. The zero-order valence-corrected chi connectivity index (χ0v) is 21.3. The van der Waals surface area contributed by atoms with Gasteiger partial charge in [-0.25, -0.2) is 0 Å². The van der Waals surface area contributed by atoms with Crippen LogP contribution in [0.15, 0.2) is 36.5 Å². The molecule has 1 aromatic carbocycles. The van der Waals surface area contributed by atoms with E-state index in [0.29, 0.717) is 5.49 Å². The van der Waals surface area contributed by atoms with Crippen LogP contribution >= 0.6 is 0 Å². The molecule has 1 unspecified atom stereocenters. The van der Waals surface area contributed by atoms with E-state index < -0.39 is 10.8 Å². The summed E-state index contributed by atoms with van der Waals surface area (Å²) in [6.45, 7) is 11.1. The molecule has 1 saturated heterocycles. The van der Waals surface area contributed by atoms with Crippen molar-refractivity contribution in [3.05, 3.63) is 53.1 Å². The number of hydrogen-bond acceptors (Lipinski definition) is 6. The Bertz CT molecular complexity index is 1190. The summed E-state index contributed by atoms with van der Waals surface area (Å²) in [6, 6.07) is 10.7. The minimum Gasteiger partial charge on any atom is -0.369 e. The molecule has 0 amide bonds. The third-order valence-electron chi connectivity index (χ3n) is 6.53. The van der Waals surface area contributed by atoms with E-state index in [1.807, 2.05) is 13.0 Å². The quantitative estimate of drug-likeness (QED) is 0.450. The Hall–Kier alpha value is -2.91. The monoisotopic (exact) mass is 481 g/mol. The highest BCUT2D eigenvalue weighted by atomic mass is 32.2. The van der Waals surface area contributed by atoms with Gasteiger partial charge in [0.05, 0.1) is 11.4 Å². The van der Waals surface area contributed by atoms with Gasteiger partial charge in [-0.1, -0.05) is 26.0 Å². The number of hydrogen-bond donors (Lipinski definition) is 3. The van der Waals surface area contributed by atoms with Gasteiger partial charge in [0.25, 0.3) is 0 Å². The summed E-state index contributed by atoms with van der Waals surface area (Å²) in [5.41, 5.74) is 7.37. The zero-order valence-electron chi connectivity index (χ0n) is 20.5. The molecule has 4 N–H and O–H groups in total. The lowest BCUT2D eigenvalue weighted by Gasteiger charge is -2.36. The molecule has 182 valence electrons. The first-order valence-corrected chi connectivity index (χ1v) is 13.5. The topological polar surface area (TPSA) is 107 Å². The van der Waals surface area contributed by atoms with Crippen molar-refractivity contribution in [1.82, 2.24) is 19.8 Å². The van der Waals surface area contributed by atoms with Crippen LogP contribution in [0, 0.1) is 12.3 Å². The Balaban J connectivity index is 1.55. The second kappa shape index (κ2) is 10.1. The lowest BCUT2D eigenvalue weighted by Crippen LogP contribution is -2.47. The van der Waals surface area contributed by atoms with Crippen LogP contribution in [0.5, 0.6) is 0 Å². The van der Waals surface area contributed by atoms with Crippen LogP contribution in [-0.2, 0) is 10.8 Å². The lowest BCUT2D eigenvalue weighted by atomic mass is 9.94. The molecule has 3 aromatic rings. The molecule has 0 aliphatic carbocycles. The maximum Gasteiger partial charge on any atom is 0.146 e. The molecule has 1 aliphatic heterocycles. The maximum atomic E-state index is 11.4.